The van der Waals surface area contributed by atoms with Gasteiger partial charge >= 0.3 is 0 Å². The maximum absolute atomic E-state index is 12.7. The van der Waals surface area contributed by atoms with Crippen molar-refractivity contribution in [3.63, 3.8) is 0 Å². The number of aliphatic hydroxyl groups excluding tert-OH is 1. The third-order valence-corrected chi connectivity index (χ3v) is 6.68. The predicted molar refractivity (Wildman–Crippen MR) is 128 cm³/mol. The summed E-state index contributed by atoms with van der Waals surface area (Å²) < 4.78 is 6.02. The topological polar surface area (TPSA) is 115 Å². The fourth-order valence-electron chi connectivity index (χ4n) is 4.39. The zero-order valence-electron chi connectivity index (χ0n) is 19.0. The van der Waals surface area contributed by atoms with Crippen LogP contribution in [0, 0.1) is 11.3 Å². The van der Waals surface area contributed by atoms with Crippen LogP contribution in [0.1, 0.15) is 41.7 Å². The molecule has 1 aliphatic carbocycles. The summed E-state index contributed by atoms with van der Waals surface area (Å²) in [5.41, 5.74) is 0.741. The Balaban J connectivity index is 1.22. The first-order valence-electron chi connectivity index (χ1n) is 11.6. The number of aliphatic hydroxyl groups is 1. The van der Waals surface area contributed by atoms with Gasteiger partial charge in [-0.05, 0) is 49.9 Å². The van der Waals surface area contributed by atoms with E-state index in [0.717, 1.165) is 57.7 Å². The lowest BCUT2D eigenvalue weighted by Gasteiger charge is -2.34. The summed E-state index contributed by atoms with van der Waals surface area (Å²) in [5.74, 6) is 1.21. The van der Waals surface area contributed by atoms with Gasteiger partial charge in [-0.1, -0.05) is 11.6 Å². The molecule has 2 fully saturated rings. The second-order valence-electron chi connectivity index (χ2n) is 8.65. The monoisotopic (exact) mass is 484 g/mol. The van der Waals surface area contributed by atoms with Crippen molar-refractivity contribution in [1.29, 1.82) is 5.26 Å². The number of hydrogen-bond donors (Lipinski definition) is 2. The van der Waals surface area contributed by atoms with Crippen LogP contribution in [0.2, 0.25) is 5.02 Å². The van der Waals surface area contributed by atoms with E-state index in [1.807, 2.05) is 12.1 Å². The molecule has 1 aromatic carbocycles. The summed E-state index contributed by atoms with van der Waals surface area (Å²) in [7, 11) is 0. The fourth-order valence-corrected chi connectivity index (χ4v) is 4.61. The summed E-state index contributed by atoms with van der Waals surface area (Å²) in [6, 6.07) is 10.8. The van der Waals surface area contributed by atoms with Crippen LogP contribution in [-0.2, 0) is 0 Å². The van der Waals surface area contributed by atoms with Gasteiger partial charge in [-0.3, -0.25) is 9.69 Å². The standard InChI is InChI=1S/C24H29ClN6O3/c25-21-15-20(4-1-17(21)16-26)34-19-5-2-18(3-6-19)27-24(33)22-7-8-23(29-28-22)31-11-9-30(10-12-31)13-14-32/h1,4,7-8,15,18-19,32H,2-3,5-6,9-14H2,(H,27,33). The molecule has 2 aliphatic rings. The smallest absolute Gasteiger partial charge is 0.272 e. The third-order valence-electron chi connectivity index (χ3n) is 6.37. The highest BCUT2D eigenvalue weighted by atomic mass is 35.5. The molecule has 9 nitrogen and oxygen atoms in total. The van der Waals surface area contributed by atoms with Crippen molar-refractivity contribution >= 4 is 23.3 Å². The van der Waals surface area contributed by atoms with Gasteiger partial charge in [0.25, 0.3) is 5.91 Å². The van der Waals surface area contributed by atoms with Crippen LogP contribution in [0.15, 0.2) is 30.3 Å². The number of hydrogen-bond acceptors (Lipinski definition) is 8. The van der Waals surface area contributed by atoms with E-state index in [1.165, 1.54) is 0 Å². The molecule has 2 heterocycles. The zero-order chi connectivity index (χ0) is 23.9. The number of amides is 1. The van der Waals surface area contributed by atoms with E-state index in [4.69, 9.17) is 26.7 Å². The molecule has 1 saturated heterocycles. The van der Waals surface area contributed by atoms with E-state index < -0.39 is 0 Å². The first-order chi connectivity index (χ1) is 16.6. The van der Waals surface area contributed by atoms with Crippen molar-refractivity contribution in [1.82, 2.24) is 20.4 Å². The molecule has 0 radical (unpaired) electrons. The number of nitrogens with zero attached hydrogens (tertiary/aromatic N) is 5. The largest absolute Gasteiger partial charge is 0.490 e. The number of ether oxygens (including phenoxy) is 1. The Morgan fingerprint density at radius 2 is 1.91 bits per heavy atom. The normalized spacial score (nSPS) is 21.0. The van der Waals surface area contributed by atoms with Crippen molar-refractivity contribution in [2.45, 2.75) is 37.8 Å². The Kier molecular flexibility index (Phi) is 8.16. The van der Waals surface area contributed by atoms with E-state index in [-0.39, 0.29) is 24.7 Å². The molecular formula is C24H29ClN6O3. The maximum Gasteiger partial charge on any atom is 0.272 e. The number of β-amino-alcohol motifs (C(OH)–C–C–N with tert-alkyl or cyclic N) is 1. The summed E-state index contributed by atoms with van der Waals surface area (Å²) in [6.07, 6.45) is 3.30. The molecule has 1 aromatic heterocycles. The number of carbonyl (C=O) groups excluding carboxylic acids is 1. The van der Waals surface area contributed by atoms with E-state index in [1.54, 1.807) is 24.3 Å². The average Bonchev–Trinajstić information content (AvgIpc) is 2.86. The second kappa shape index (κ2) is 11.5. The van der Waals surface area contributed by atoms with Gasteiger partial charge in [-0.2, -0.15) is 5.26 Å². The number of piperazine rings is 1. The highest BCUT2D eigenvalue weighted by Crippen LogP contribution is 2.27. The first-order valence-corrected chi connectivity index (χ1v) is 12.0. The summed E-state index contributed by atoms with van der Waals surface area (Å²) >= 11 is 6.08. The summed E-state index contributed by atoms with van der Waals surface area (Å²) in [5, 5.41) is 29.9. The molecule has 4 rings (SSSR count). The van der Waals surface area contributed by atoms with Crippen molar-refractivity contribution in [2.24, 2.45) is 0 Å². The van der Waals surface area contributed by atoms with Gasteiger partial charge in [-0.15, -0.1) is 10.2 Å². The molecule has 34 heavy (non-hydrogen) atoms. The van der Waals surface area contributed by atoms with Gasteiger partial charge < -0.3 is 20.1 Å². The number of halogens is 1. The Morgan fingerprint density at radius 1 is 1.15 bits per heavy atom. The Hall–Kier alpha value is -2.93. The van der Waals surface area contributed by atoms with Crippen LogP contribution in [0.5, 0.6) is 5.75 Å². The van der Waals surface area contributed by atoms with Crippen LogP contribution in [0.4, 0.5) is 5.82 Å². The van der Waals surface area contributed by atoms with Crippen molar-refractivity contribution in [2.75, 3.05) is 44.2 Å². The SMILES string of the molecule is N#Cc1ccc(OC2CCC(NC(=O)c3ccc(N4CCN(CCO)CC4)nn3)CC2)cc1Cl. The van der Waals surface area contributed by atoms with Gasteiger partial charge in [-0.25, -0.2) is 0 Å². The van der Waals surface area contributed by atoms with E-state index in [2.05, 4.69) is 25.3 Å². The number of benzene rings is 1. The van der Waals surface area contributed by atoms with E-state index in [9.17, 15) is 4.79 Å². The maximum atomic E-state index is 12.7. The Labute approximate surface area is 204 Å². The summed E-state index contributed by atoms with van der Waals surface area (Å²) in [6.45, 7) is 4.24. The minimum atomic E-state index is -0.213. The van der Waals surface area contributed by atoms with Gasteiger partial charge in [0, 0.05) is 44.8 Å². The molecule has 10 heteroatoms. The molecule has 2 aromatic rings. The first kappa shape index (κ1) is 24.2. The lowest BCUT2D eigenvalue weighted by Crippen LogP contribution is -2.47. The lowest BCUT2D eigenvalue weighted by atomic mass is 9.93. The van der Waals surface area contributed by atoms with E-state index >= 15 is 0 Å². The molecule has 0 atom stereocenters. The quantitative estimate of drug-likeness (QED) is 0.615. The molecular weight excluding hydrogens is 456 g/mol. The number of aromatic nitrogens is 2. The molecule has 1 aliphatic heterocycles. The van der Waals surface area contributed by atoms with Gasteiger partial charge in [0.05, 0.1) is 23.3 Å². The molecule has 0 unspecified atom stereocenters. The van der Waals surface area contributed by atoms with Crippen LogP contribution in [0.3, 0.4) is 0 Å². The van der Waals surface area contributed by atoms with Crippen LogP contribution in [0.25, 0.3) is 0 Å². The molecule has 180 valence electrons. The summed E-state index contributed by atoms with van der Waals surface area (Å²) in [4.78, 5) is 17.0. The molecule has 0 bridgehead atoms. The fraction of sp³-hybridized carbons (Fsp3) is 0.500. The number of rotatable bonds is 7. The number of nitrogens with one attached hydrogen (secondary N) is 1. The van der Waals surface area contributed by atoms with Gasteiger partial charge in [0.15, 0.2) is 11.5 Å². The highest BCUT2D eigenvalue weighted by Gasteiger charge is 2.25. The molecule has 2 N–H and O–H groups in total. The lowest BCUT2D eigenvalue weighted by molar-refractivity contribution is 0.0888. The minimum absolute atomic E-state index is 0.0501. The van der Waals surface area contributed by atoms with Gasteiger partial charge in [0.1, 0.15) is 11.8 Å². The third kappa shape index (κ3) is 6.14. The van der Waals surface area contributed by atoms with Crippen molar-refractivity contribution in [3.05, 3.63) is 46.6 Å². The molecule has 0 spiro atoms. The van der Waals surface area contributed by atoms with Crippen LogP contribution < -0.4 is 15.0 Å². The van der Waals surface area contributed by atoms with Crippen LogP contribution >= 0.6 is 11.6 Å². The Bertz CT molecular complexity index is 1010. The predicted octanol–water partition coefficient (Wildman–Crippen LogP) is 2.24. The molecule has 1 amide bonds. The number of anilines is 1. The van der Waals surface area contributed by atoms with Crippen molar-refractivity contribution < 1.29 is 14.6 Å². The van der Waals surface area contributed by atoms with Crippen LogP contribution in [-0.4, -0.2) is 77.6 Å². The molecule has 1 saturated carbocycles. The minimum Gasteiger partial charge on any atom is -0.490 e. The number of carbonyl (C=O) groups is 1. The highest BCUT2D eigenvalue weighted by molar-refractivity contribution is 6.31. The zero-order valence-corrected chi connectivity index (χ0v) is 19.7. The second-order valence-corrected chi connectivity index (χ2v) is 9.05. The van der Waals surface area contributed by atoms with E-state index in [0.29, 0.717) is 28.6 Å². The van der Waals surface area contributed by atoms with Gasteiger partial charge in [0.2, 0.25) is 0 Å². The van der Waals surface area contributed by atoms with Crippen molar-refractivity contribution in [3.8, 4) is 11.8 Å². The Morgan fingerprint density at radius 3 is 2.53 bits per heavy atom. The average molecular weight is 485 g/mol. The number of nitriles is 1.